The van der Waals surface area contributed by atoms with Gasteiger partial charge < -0.3 is 8.83 Å². The van der Waals surface area contributed by atoms with Gasteiger partial charge in [0.1, 0.15) is 22.3 Å². The summed E-state index contributed by atoms with van der Waals surface area (Å²) in [6, 6.07) is 51.4. The van der Waals surface area contributed by atoms with Crippen molar-refractivity contribution in [2.45, 2.75) is 51.4 Å². The zero-order chi connectivity index (χ0) is 38.7. The van der Waals surface area contributed by atoms with Crippen LogP contribution >= 0.6 is 0 Å². The lowest BCUT2D eigenvalue weighted by molar-refractivity contribution is 0.600. The summed E-state index contributed by atoms with van der Waals surface area (Å²) < 4.78 is 14.0. The molecular weight excluding hydrogens is 705 g/mol. The second kappa shape index (κ2) is 11.1. The minimum Gasteiger partial charge on any atom is -0.455 e. The van der Waals surface area contributed by atoms with Crippen LogP contribution in [0.25, 0.3) is 93.6 Å². The Morgan fingerprint density at radius 2 is 1.02 bits per heavy atom. The third-order valence-electron chi connectivity index (χ3n) is 14.1. The maximum Gasteiger partial charge on any atom is 0.144 e. The second-order valence-electron chi connectivity index (χ2n) is 17.8. The van der Waals surface area contributed by atoms with Crippen LogP contribution in [0.5, 0.6) is 0 Å². The molecule has 13 rings (SSSR count). The van der Waals surface area contributed by atoms with Gasteiger partial charge in [-0.25, -0.2) is 0 Å². The van der Waals surface area contributed by atoms with E-state index in [9.17, 15) is 0 Å². The predicted molar refractivity (Wildman–Crippen MR) is 241 cm³/mol. The van der Waals surface area contributed by atoms with E-state index in [2.05, 4.69) is 173 Å². The largest absolute Gasteiger partial charge is 0.455 e. The molecule has 10 aromatic rings. The van der Waals surface area contributed by atoms with E-state index < -0.39 is 0 Å². The first kappa shape index (κ1) is 32.4. The van der Waals surface area contributed by atoms with Crippen LogP contribution in [0.4, 0.5) is 0 Å². The summed E-state index contributed by atoms with van der Waals surface area (Å²) in [5.41, 5.74) is 21.6. The molecule has 8 aromatic carbocycles. The van der Waals surface area contributed by atoms with Crippen molar-refractivity contribution in [1.82, 2.24) is 0 Å². The molecule has 0 aliphatic heterocycles. The number of para-hydroxylation sites is 2. The van der Waals surface area contributed by atoms with E-state index in [1.807, 2.05) is 0 Å². The lowest BCUT2D eigenvalue weighted by atomic mass is 9.72. The highest BCUT2D eigenvalue weighted by atomic mass is 16.3. The van der Waals surface area contributed by atoms with Crippen LogP contribution in [-0.4, -0.2) is 0 Å². The van der Waals surface area contributed by atoms with Gasteiger partial charge in [-0.15, -0.1) is 0 Å². The summed E-state index contributed by atoms with van der Waals surface area (Å²) in [6.07, 6.45) is 4.56. The normalized spacial score (nSPS) is 15.8. The number of aryl methyl sites for hydroxylation is 1. The van der Waals surface area contributed by atoms with Gasteiger partial charge in [-0.3, -0.25) is 0 Å². The van der Waals surface area contributed by atoms with Crippen molar-refractivity contribution in [2.24, 2.45) is 0 Å². The summed E-state index contributed by atoms with van der Waals surface area (Å²) in [5.74, 6) is 0. The monoisotopic (exact) mass is 744 g/mol. The van der Waals surface area contributed by atoms with Crippen LogP contribution in [0.15, 0.2) is 154 Å². The van der Waals surface area contributed by atoms with Crippen molar-refractivity contribution in [2.75, 3.05) is 0 Å². The topological polar surface area (TPSA) is 26.3 Å². The molecule has 58 heavy (non-hydrogen) atoms. The van der Waals surface area contributed by atoms with Crippen LogP contribution in [0, 0.1) is 0 Å². The minimum atomic E-state index is -0.304. The third kappa shape index (κ3) is 3.98. The Morgan fingerprint density at radius 1 is 0.448 bits per heavy atom. The molecule has 2 heteroatoms. The van der Waals surface area contributed by atoms with E-state index >= 15 is 0 Å². The quantitative estimate of drug-likeness (QED) is 0.176. The van der Waals surface area contributed by atoms with Crippen LogP contribution < -0.4 is 0 Å². The van der Waals surface area contributed by atoms with Gasteiger partial charge in [0.05, 0.1) is 0 Å². The number of benzene rings is 8. The Labute approximate surface area is 337 Å². The summed E-state index contributed by atoms with van der Waals surface area (Å²) in [4.78, 5) is 0. The van der Waals surface area contributed by atoms with Gasteiger partial charge in [0.2, 0.25) is 0 Å². The molecule has 0 atom stereocenters. The molecular formula is C56H40O2. The average Bonchev–Trinajstić information content (AvgIpc) is 3.95. The van der Waals surface area contributed by atoms with Crippen LogP contribution in [0.2, 0.25) is 0 Å². The summed E-state index contributed by atoms with van der Waals surface area (Å²) >= 11 is 0. The number of rotatable bonds is 2. The Kier molecular flexibility index (Phi) is 6.18. The van der Waals surface area contributed by atoms with Gasteiger partial charge in [-0.1, -0.05) is 149 Å². The maximum absolute atomic E-state index is 7.05. The molecule has 0 radical (unpaired) electrons. The van der Waals surface area contributed by atoms with E-state index in [0.29, 0.717) is 0 Å². The van der Waals surface area contributed by atoms with Gasteiger partial charge in [0, 0.05) is 43.5 Å². The fraction of sp³-hybridized carbons (Fsp3) is 0.143. The van der Waals surface area contributed by atoms with Crippen molar-refractivity contribution in [3.63, 3.8) is 0 Å². The molecule has 276 valence electrons. The van der Waals surface area contributed by atoms with E-state index in [0.717, 1.165) is 46.1 Å². The molecule has 0 fully saturated rings. The zero-order valence-corrected chi connectivity index (χ0v) is 33.1. The fourth-order valence-electron chi connectivity index (χ4n) is 11.5. The van der Waals surface area contributed by atoms with E-state index in [4.69, 9.17) is 8.83 Å². The van der Waals surface area contributed by atoms with Gasteiger partial charge in [0.25, 0.3) is 0 Å². The highest BCUT2D eigenvalue weighted by Gasteiger charge is 2.48. The van der Waals surface area contributed by atoms with Crippen LogP contribution in [0.1, 0.15) is 73.1 Å². The fourth-order valence-corrected chi connectivity index (χ4v) is 11.5. The van der Waals surface area contributed by atoms with Gasteiger partial charge in [-0.05, 0) is 115 Å². The number of furan rings is 2. The molecule has 0 saturated carbocycles. The molecule has 0 spiro atoms. The van der Waals surface area contributed by atoms with Gasteiger partial charge >= 0.3 is 0 Å². The van der Waals surface area contributed by atoms with Crippen LogP contribution in [0.3, 0.4) is 0 Å². The number of hydrogen-bond acceptors (Lipinski definition) is 2. The second-order valence-corrected chi connectivity index (χ2v) is 17.8. The standard InChI is InChI=1S/C56H40O2/c1-55(2)43-30-42(36-24-14-18-32-16-6-8-20-34(32)36)53-50(38-22-10-12-26-46(38)57-53)48(43)39-27-28-40-49-44(56(3,4)52(40)51(39)55)29-41(35-23-13-17-31-15-5-7-19-33(31)35)47-37-21-9-11-25-45(37)58-54(47)49/h5-12,14-16,18-30H,13,17H2,1-4H3. The van der Waals surface area contributed by atoms with Crippen molar-refractivity contribution < 1.29 is 8.83 Å². The zero-order valence-electron chi connectivity index (χ0n) is 33.1. The molecule has 0 N–H and O–H groups in total. The van der Waals surface area contributed by atoms with E-state index in [-0.39, 0.29) is 10.8 Å². The van der Waals surface area contributed by atoms with Gasteiger partial charge in [0.15, 0.2) is 0 Å². The first-order valence-corrected chi connectivity index (χ1v) is 20.7. The molecule has 0 bridgehead atoms. The van der Waals surface area contributed by atoms with Crippen molar-refractivity contribution >= 4 is 60.2 Å². The minimum absolute atomic E-state index is 0.304. The predicted octanol–water partition coefficient (Wildman–Crippen LogP) is 15.3. The summed E-state index contributed by atoms with van der Waals surface area (Å²) in [6.45, 7) is 9.79. The Morgan fingerprint density at radius 3 is 1.79 bits per heavy atom. The first-order chi connectivity index (χ1) is 28.3. The average molecular weight is 745 g/mol. The van der Waals surface area contributed by atoms with Crippen LogP contribution in [-0.2, 0) is 17.3 Å². The van der Waals surface area contributed by atoms with E-state index in [1.54, 1.807) is 0 Å². The summed E-state index contributed by atoms with van der Waals surface area (Å²) in [7, 11) is 0. The highest BCUT2D eigenvalue weighted by Crippen LogP contribution is 2.63. The highest BCUT2D eigenvalue weighted by molar-refractivity contribution is 6.21. The Balaban J connectivity index is 1.12. The molecule has 0 saturated heterocycles. The van der Waals surface area contributed by atoms with Crippen molar-refractivity contribution in [1.29, 1.82) is 0 Å². The van der Waals surface area contributed by atoms with Crippen molar-refractivity contribution in [3.05, 3.63) is 185 Å². The molecule has 0 amide bonds. The smallest absolute Gasteiger partial charge is 0.144 e. The molecule has 2 nitrogen and oxygen atoms in total. The molecule has 3 aliphatic rings. The van der Waals surface area contributed by atoms with E-state index in [1.165, 1.54) is 99.3 Å². The van der Waals surface area contributed by atoms with Crippen molar-refractivity contribution in [3.8, 4) is 33.4 Å². The molecule has 2 aromatic heterocycles. The molecule has 3 aliphatic carbocycles. The summed E-state index contributed by atoms with van der Waals surface area (Å²) in [5, 5.41) is 7.23. The van der Waals surface area contributed by atoms with Gasteiger partial charge in [-0.2, -0.15) is 0 Å². The maximum atomic E-state index is 7.05. The lowest BCUT2D eigenvalue weighted by Crippen LogP contribution is -2.24. The molecule has 0 unspecified atom stereocenters. The number of fused-ring (bicyclic) bond motifs is 17. The third-order valence-corrected chi connectivity index (χ3v) is 14.1. The Bertz CT molecular complexity index is 3500. The number of allylic oxidation sites excluding steroid dienone is 1. The lowest BCUT2D eigenvalue weighted by Gasteiger charge is -2.31. The molecule has 2 heterocycles. The first-order valence-electron chi connectivity index (χ1n) is 20.7. The number of hydrogen-bond donors (Lipinski definition) is 0. The SMILES string of the molecule is CC1(C)c2cc(C3=CCCc4ccccc43)c3c(oc4ccccc43)c2-c2ccc3c(c21)C(C)(C)c1cc(-c2cccc4ccccc24)c2oc4ccccc4c2c1-3. The Hall–Kier alpha value is -6.64.